The van der Waals surface area contributed by atoms with E-state index in [2.05, 4.69) is 120 Å². The van der Waals surface area contributed by atoms with Gasteiger partial charge in [-0.25, -0.2) is 9.97 Å². The first-order valence-electron chi connectivity index (χ1n) is 14.2. The summed E-state index contributed by atoms with van der Waals surface area (Å²) < 4.78 is 4.98. The quantitative estimate of drug-likeness (QED) is 0.203. The van der Waals surface area contributed by atoms with Gasteiger partial charge in [-0.15, -0.1) is 11.3 Å². The smallest absolute Gasteiger partial charge is 0.165 e. The van der Waals surface area contributed by atoms with Gasteiger partial charge >= 0.3 is 0 Å². The predicted molar refractivity (Wildman–Crippen MR) is 177 cm³/mol. The summed E-state index contributed by atoms with van der Waals surface area (Å²) in [7, 11) is 0. The van der Waals surface area contributed by atoms with Crippen molar-refractivity contribution >= 4 is 64.3 Å². The normalized spacial score (nSPS) is 12.3. The maximum Gasteiger partial charge on any atom is 0.165 e. The number of aromatic nitrogens is 3. The van der Waals surface area contributed by atoms with E-state index in [1.807, 2.05) is 23.5 Å². The summed E-state index contributed by atoms with van der Waals surface area (Å²) >= 11 is 1.87. The molecule has 9 aromatic rings. The first-order valence-corrected chi connectivity index (χ1v) is 15.0. The summed E-state index contributed by atoms with van der Waals surface area (Å²) in [6.07, 6.45) is 0. The van der Waals surface area contributed by atoms with E-state index < -0.39 is 0 Å². The van der Waals surface area contributed by atoms with Gasteiger partial charge < -0.3 is 0 Å². The van der Waals surface area contributed by atoms with Crippen LogP contribution >= 0.6 is 11.3 Å². The van der Waals surface area contributed by atoms with Crippen molar-refractivity contribution in [3.05, 3.63) is 127 Å². The van der Waals surface area contributed by atoms with Crippen LogP contribution in [0.15, 0.2) is 127 Å². The van der Waals surface area contributed by atoms with E-state index in [0.29, 0.717) is 0 Å². The van der Waals surface area contributed by atoms with Crippen molar-refractivity contribution in [1.29, 1.82) is 0 Å². The Balaban J connectivity index is 1.35. The van der Waals surface area contributed by atoms with Crippen LogP contribution in [0.2, 0.25) is 0 Å². The second kappa shape index (κ2) is 8.12. The third kappa shape index (κ3) is 2.94. The maximum absolute atomic E-state index is 5.26. The van der Waals surface area contributed by atoms with Gasteiger partial charge in [0.1, 0.15) is 5.69 Å². The Morgan fingerprint density at radius 2 is 1.19 bits per heavy atom. The molecule has 0 fully saturated rings. The van der Waals surface area contributed by atoms with Gasteiger partial charge in [-0.2, -0.15) is 0 Å². The standard InChI is InChI=1S/C38H21N3S/c1-2-12-28-24(9-1)29-19-23(22-17-18-27-26-11-4-8-16-34(26)42-35(27)21-22)20-30-25-10-3-7-15-33(25)41(37(29)30)38-36(28)39-31-13-5-6-14-32(31)40-38/h1-21H. The summed E-state index contributed by atoms with van der Waals surface area (Å²) in [6, 6.07) is 45.9. The molecule has 0 amide bonds. The number of thiophene rings is 1. The third-order valence-electron chi connectivity index (χ3n) is 8.72. The zero-order valence-electron chi connectivity index (χ0n) is 22.4. The Bertz CT molecular complexity index is 2590. The number of para-hydroxylation sites is 3. The van der Waals surface area contributed by atoms with Gasteiger partial charge in [0.25, 0.3) is 0 Å². The highest BCUT2D eigenvalue weighted by molar-refractivity contribution is 7.25. The highest BCUT2D eigenvalue weighted by Gasteiger charge is 2.27. The molecule has 0 radical (unpaired) electrons. The van der Waals surface area contributed by atoms with Gasteiger partial charge in [0.15, 0.2) is 5.82 Å². The Labute approximate surface area is 245 Å². The Hall–Kier alpha value is -5.32. The summed E-state index contributed by atoms with van der Waals surface area (Å²) in [5.41, 5.74) is 11.0. The fraction of sp³-hybridized carbons (Fsp3) is 0. The molecule has 0 saturated carbocycles. The first kappa shape index (κ1) is 22.4. The lowest BCUT2D eigenvalue weighted by atomic mass is 9.92. The number of rotatable bonds is 1. The summed E-state index contributed by atoms with van der Waals surface area (Å²) in [6.45, 7) is 0. The molecule has 3 aromatic heterocycles. The highest BCUT2D eigenvalue weighted by Crippen LogP contribution is 2.48. The van der Waals surface area contributed by atoms with Gasteiger partial charge in [0, 0.05) is 42.1 Å². The van der Waals surface area contributed by atoms with Gasteiger partial charge in [-0.1, -0.05) is 84.9 Å². The second-order valence-electron chi connectivity index (χ2n) is 11.0. The Morgan fingerprint density at radius 1 is 0.476 bits per heavy atom. The molecule has 0 bridgehead atoms. The third-order valence-corrected chi connectivity index (χ3v) is 9.85. The zero-order valence-corrected chi connectivity index (χ0v) is 23.2. The van der Waals surface area contributed by atoms with Crippen molar-refractivity contribution in [3.8, 4) is 39.3 Å². The minimum Gasteiger partial charge on any atom is -0.291 e. The van der Waals surface area contributed by atoms with Crippen LogP contribution in [-0.4, -0.2) is 14.5 Å². The zero-order chi connectivity index (χ0) is 27.4. The minimum absolute atomic E-state index is 0.880. The van der Waals surface area contributed by atoms with Gasteiger partial charge in [0.2, 0.25) is 0 Å². The molecule has 0 aliphatic carbocycles. The molecule has 10 rings (SSSR count). The molecule has 0 saturated heterocycles. The molecule has 0 N–H and O–H groups in total. The van der Waals surface area contributed by atoms with Crippen molar-refractivity contribution in [2.24, 2.45) is 0 Å². The van der Waals surface area contributed by atoms with E-state index in [0.717, 1.165) is 33.6 Å². The van der Waals surface area contributed by atoms with Crippen molar-refractivity contribution in [1.82, 2.24) is 14.5 Å². The van der Waals surface area contributed by atoms with Crippen LogP contribution in [-0.2, 0) is 0 Å². The van der Waals surface area contributed by atoms with Crippen LogP contribution in [0.5, 0.6) is 0 Å². The predicted octanol–water partition coefficient (Wildman–Crippen LogP) is 10.4. The SMILES string of the molecule is c1ccc2c(c1)-c1nc3ccccc3nc1-n1c3ccccc3c3cc(-c4ccc5c(c4)sc4ccccc45)cc-2c31. The molecular weight excluding hydrogens is 531 g/mol. The van der Waals surface area contributed by atoms with Crippen LogP contribution in [0.1, 0.15) is 0 Å². The van der Waals surface area contributed by atoms with E-state index in [1.54, 1.807) is 0 Å². The van der Waals surface area contributed by atoms with E-state index in [1.165, 1.54) is 58.7 Å². The van der Waals surface area contributed by atoms with Crippen LogP contribution in [0.3, 0.4) is 0 Å². The van der Waals surface area contributed by atoms with Crippen molar-refractivity contribution in [3.63, 3.8) is 0 Å². The number of hydrogen-bond acceptors (Lipinski definition) is 3. The monoisotopic (exact) mass is 551 g/mol. The molecule has 1 aliphatic heterocycles. The molecule has 194 valence electrons. The average Bonchev–Trinajstić information content (AvgIpc) is 3.55. The Kier molecular flexibility index (Phi) is 4.33. The lowest BCUT2D eigenvalue weighted by Crippen LogP contribution is -2.02. The van der Waals surface area contributed by atoms with E-state index >= 15 is 0 Å². The first-order chi connectivity index (χ1) is 20.8. The fourth-order valence-electron chi connectivity index (χ4n) is 6.85. The van der Waals surface area contributed by atoms with Crippen molar-refractivity contribution in [2.75, 3.05) is 0 Å². The molecule has 42 heavy (non-hydrogen) atoms. The van der Waals surface area contributed by atoms with Gasteiger partial charge in [-0.3, -0.25) is 4.57 Å². The van der Waals surface area contributed by atoms with Crippen molar-refractivity contribution < 1.29 is 0 Å². The van der Waals surface area contributed by atoms with E-state index in [-0.39, 0.29) is 0 Å². The number of hydrogen-bond donors (Lipinski definition) is 0. The largest absolute Gasteiger partial charge is 0.291 e. The average molecular weight is 552 g/mol. The van der Waals surface area contributed by atoms with Crippen LogP contribution in [0.4, 0.5) is 0 Å². The molecule has 4 heterocycles. The van der Waals surface area contributed by atoms with E-state index in [9.17, 15) is 0 Å². The van der Waals surface area contributed by atoms with Gasteiger partial charge in [-0.05, 0) is 59.2 Å². The molecular formula is C38H21N3S. The van der Waals surface area contributed by atoms with E-state index in [4.69, 9.17) is 9.97 Å². The van der Waals surface area contributed by atoms with Gasteiger partial charge in [0.05, 0.1) is 22.1 Å². The number of benzene rings is 6. The van der Waals surface area contributed by atoms with Crippen LogP contribution in [0.25, 0.3) is 92.3 Å². The Morgan fingerprint density at radius 3 is 2.10 bits per heavy atom. The maximum atomic E-state index is 5.26. The molecule has 6 aromatic carbocycles. The summed E-state index contributed by atoms with van der Waals surface area (Å²) in [5.74, 6) is 0.880. The van der Waals surface area contributed by atoms with Crippen molar-refractivity contribution in [2.45, 2.75) is 0 Å². The summed E-state index contributed by atoms with van der Waals surface area (Å²) in [5, 5.41) is 5.10. The number of nitrogens with zero attached hydrogens (tertiary/aromatic N) is 3. The molecule has 1 aliphatic rings. The highest BCUT2D eigenvalue weighted by atomic mass is 32.1. The lowest BCUT2D eigenvalue weighted by molar-refractivity contribution is 1.09. The molecule has 3 nitrogen and oxygen atoms in total. The molecule has 0 spiro atoms. The fourth-order valence-corrected chi connectivity index (χ4v) is 7.99. The molecule has 4 heteroatoms. The summed E-state index contributed by atoms with van der Waals surface area (Å²) in [4.78, 5) is 10.5. The minimum atomic E-state index is 0.880. The topological polar surface area (TPSA) is 30.7 Å². The second-order valence-corrected chi connectivity index (χ2v) is 12.1. The lowest BCUT2D eigenvalue weighted by Gasteiger charge is -2.12. The number of fused-ring (bicyclic) bond motifs is 12. The molecule has 0 atom stereocenters. The van der Waals surface area contributed by atoms with Crippen LogP contribution in [0, 0.1) is 0 Å². The van der Waals surface area contributed by atoms with Crippen LogP contribution < -0.4 is 0 Å². The molecule has 0 unspecified atom stereocenters.